The largest absolute Gasteiger partial charge is 0.491 e. The first-order chi connectivity index (χ1) is 9.08. The number of carboxylic acid groups (broad SMARTS) is 1. The van der Waals surface area contributed by atoms with Crippen LogP contribution in [-0.4, -0.2) is 27.5 Å². The Bertz CT molecular complexity index is 684. The number of ether oxygens (including phenoxy) is 1. The summed E-state index contributed by atoms with van der Waals surface area (Å²) in [5.41, 5.74) is 1.26. The van der Waals surface area contributed by atoms with E-state index < -0.39 is 5.97 Å². The van der Waals surface area contributed by atoms with Crippen molar-refractivity contribution in [1.29, 1.82) is 0 Å². The van der Waals surface area contributed by atoms with Gasteiger partial charge in [-0.25, -0.2) is 9.48 Å². The van der Waals surface area contributed by atoms with Crippen LogP contribution in [0.5, 0.6) is 5.75 Å². The van der Waals surface area contributed by atoms with E-state index in [4.69, 9.17) is 21.4 Å². The van der Waals surface area contributed by atoms with E-state index in [9.17, 15) is 4.79 Å². The molecule has 19 heavy (non-hydrogen) atoms. The number of hydrogen-bond donors (Lipinski definition) is 1. The molecular weight excluding hydrogens is 382 g/mol. The third kappa shape index (κ3) is 2.08. The zero-order chi connectivity index (χ0) is 13.6. The van der Waals surface area contributed by atoms with Crippen molar-refractivity contribution in [2.24, 2.45) is 0 Å². The smallest absolute Gasteiger partial charge is 0.358 e. The number of halogens is 2. The monoisotopic (exact) mass is 390 g/mol. The van der Waals surface area contributed by atoms with Crippen molar-refractivity contribution in [2.75, 3.05) is 6.61 Å². The number of benzene rings is 1. The fourth-order valence-electron chi connectivity index (χ4n) is 2.02. The fourth-order valence-corrected chi connectivity index (χ4v) is 2.79. The molecule has 2 heterocycles. The van der Waals surface area contributed by atoms with Gasteiger partial charge in [0.15, 0.2) is 5.69 Å². The second kappa shape index (κ2) is 4.68. The summed E-state index contributed by atoms with van der Waals surface area (Å²) in [6.45, 7) is 0.443. The molecule has 98 valence electrons. The molecule has 0 amide bonds. The lowest BCUT2D eigenvalue weighted by molar-refractivity contribution is 0.0690. The molecule has 2 aromatic rings. The van der Waals surface area contributed by atoms with Gasteiger partial charge >= 0.3 is 5.97 Å². The number of nitrogens with zero attached hydrogens (tertiary/aromatic N) is 2. The molecule has 0 saturated carbocycles. The summed E-state index contributed by atoms with van der Waals surface area (Å²) < 4.78 is 8.21. The van der Waals surface area contributed by atoms with E-state index in [1.165, 1.54) is 0 Å². The van der Waals surface area contributed by atoms with Crippen molar-refractivity contribution in [2.45, 2.75) is 6.42 Å². The number of carboxylic acids is 1. The summed E-state index contributed by atoms with van der Waals surface area (Å²) >= 11 is 8.27. The van der Waals surface area contributed by atoms with E-state index in [1.54, 1.807) is 4.68 Å². The second-order valence-corrected chi connectivity index (χ2v) is 5.66. The number of aromatic carboxylic acids is 1. The standard InChI is InChI=1S/C12H8ClIN2O3/c13-10-7-3-4-19-9-2-1-6(14)5-8(9)16(7)15-11(10)12(17)18/h1-2,5H,3-4H2,(H,17,18). The predicted octanol–water partition coefficient (Wildman–Crippen LogP) is 2.76. The molecule has 0 spiro atoms. The van der Waals surface area contributed by atoms with Crippen molar-refractivity contribution in [1.82, 2.24) is 9.78 Å². The van der Waals surface area contributed by atoms with Crippen LogP contribution in [0.3, 0.4) is 0 Å². The average Bonchev–Trinajstić information content (AvgIpc) is 2.59. The van der Waals surface area contributed by atoms with Gasteiger partial charge in [-0.05, 0) is 40.8 Å². The first-order valence-corrected chi connectivity index (χ1v) is 6.97. The molecule has 0 aliphatic carbocycles. The van der Waals surface area contributed by atoms with Gasteiger partial charge < -0.3 is 9.84 Å². The number of rotatable bonds is 1. The highest BCUT2D eigenvalue weighted by molar-refractivity contribution is 14.1. The Morgan fingerprint density at radius 3 is 3.05 bits per heavy atom. The lowest BCUT2D eigenvalue weighted by Crippen LogP contribution is -2.03. The Balaban J connectivity index is 2.28. The van der Waals surface area contributed by atoms with Crippen LogP contribution in [0.4, 0.5) is 0 Å². The van der Waals surface area contributed by atoms with Gasteiger partial charge in [-0.2, -0.15) is 5.10 Å². The third-order valence-electron chi connectivity index (χ3n) is 2.87. The summed E-state index contributed by atoms with van der Waals surface area (Å²) in [7, 11) is 0. The molecule has 0 atom stereocenters. The van der Waals surface area contributed by atoms with Crippen molar-refractivity contribution < 1.29 is 14.6 Å². The summed E-state index contributed by atoms with van der Waals surface area (Å²) in [6, 6.07) is 5.66. The minimum Gasteiger partial charge on any atom is -0.491 e. The SMILES string of the molecule is O=C(O)c1nn2c(c1Cl)CCOc1ccc(I)cc1-2. The van der Waals surface area contributed by atoms with Crippen LogP contribution < -0.4 is 4.74 Å². The van der Waals surface area contributed by atoms with Crippen LogP contribution in [0.25, 0.3) is 5.69 Å². The predicted molar refractivity (Wildman–Crippen MR) is 77.4 cm³/mol. The lowest BCUT2D eigenvalue weighted by atomic mass is 10.2. The summed E-state index contributed by atoms with van der Waals surface area (Å²) in [4.78, 5) is 11.1. The minimum atomic E-state index is -1.13. The van der Waals surface area contributed by atoms with Gasteiger partial charge in [-0.3, -0.25) is 0 Å². The van der Waals surface area contributed by atoms with E-state index >= 15 is 0 Å². The van der Waals surface area contributed by atoms with Crippen LogP contribution in [0.1, 0.15) is 16.2 Å². The number of fused-ring (bicyclic) bond motifs is 3. The summed E-state index contributed by atoms with van der Waals surface area (Å²) in [6.07, 6.45) is 0.518. The summed E-state index contributed by atoms with van der Waals surface area (Å²) in [5, 5.41) is 13.4. The molecule has 1 aliphatic heterocycles. The number of carbonyl (C=O) groups is 1. The van der Waals surface area contributed by atoms with Gasteiger partial charge in [0.25, 0.3) is 0 Å². The van der Waals surface area contributed by atoms with E-state index in [0.717, 1.165) is 3.57 Å². The maximum Gasteiger partial charge on any atom is 0.358 e. The summed E-state index contributed by atoms with van der Waals surface area (Å²) in [5.74, 6) is -0.450. The van der Waals surface area contributed by atoms with Crippen LogP contribution in [0, 0.1) is 3.57 Å². The molecule has 1 aliphatic rings. The average molecular weight is 391 g/mol. The molecule has 1 aromatic heterocycles. The van der Waals surface area contributed by atoms with E-state index in [0.29, 0.717) is 30.2 Å². The van der Waals surface area contributed by atoms with Crippen molar-refractivity contribution in [3.8, 4) is 11.4 Å². The highest BCUT2D eigenvalue weighted by Gasteiger charge is 2.25. The molecule has 0 saturated heterocycles. The molecule has 7 heteroatoms. The first-order valence-electron chi connectivity index (χ1n) is 5.51. The zero-order valence-corrected chi connectivity index (χ0v) is 12.5. The third-order valence-corrected chi connectivity index (χ3v) is 3.93. The first kappa shape index (κ1) is 12.7. The van der Waals surface area contributed by atoms with Gasteiger partial charge in [0.05, 0.1) is 17.3 Å². The molecular formula is C12H8ClIN2O3. The topological polar surface area (TPSA) is 64.3 Å². The van der Waals surface area contributed by atoms with E-state index in [1.807, 2.05) is 18.2 Å². The fraction of sp³-hybridized carbons (Fsp3) is 0.167. The Hall–Kier alpha value is -1.28. The van der Waals surface area contributed by atoms with Gasteiger partial charge in [0.2, 0.25) is 0 Å². The Morgan fingerprint density at radius 1 is 1.53 bits per heavy atom. The van der Waals surface area contributed by atoms with Crippen molar-refractivity contribution >= 4 is 40.2 Å². The second-order valence-electron chi connectivity index (χ2n) is 4.04. The van der Waals surface area contributed by atoms with Gasteiger partial charge in [0.1, 0.15) is 11.4 Å². The minimum absolute atomic E-state index is 0.122. The highest BCUT2D eigenvalue weighted by Crippen LogP contribution is 2.32. The van der Waals surface area contributed by atoms with Crippen LogP contribution in [-0.2, 0) is 6.42 Å². The molecule has 0 bridgehead atoms. The van der Waals surface area contributed by atoms with Crippen LogP contribution in [0.15, 0.2) is 18.2 Å². The van der Waals surface area contributed by atoms with E-state index in [-0.39, 0.29) is 10.7 Å². The van der Waals surface area contributed by atoms with Crippen LogP contribution >= 0.6 is 34.2 Å². The van der Waals surface area contributed by atoms with Gasteiger partial charge in [-0.1, -0.05) is 11.6 Å². The molecule has 0 unspecified atom stereocenters. The lowest BCUT2D eigenvalue weighted by Gasteiger charge is -2.08. The van der Waals surface area contributed by atoms with Crippen LogP contribution in [0.2, 0.25) is 5.02 Å². The normalized spacial score (nSPS) is 13.2. The maximum atomic E-state index is 11.1. The Kier molecular flexibility index (Phi) is 3.14. The van der Waals surface area contributed by atoms with Gasteiger partial charge in [-0.15, -0.1) is 0 Å². The molecule has 1 aromatic carbocycles. The van der Waals surface area contributed by atoms with Gasteiger partial charge in [0, 0.05) is 9.99 Å². The Morgan fingerprint density at radius 2 is 2.32 bits per heavy atom. The van der Waals surface area contributed by atoms with E-state index in [2.05, 4.69) is 27.7 Å². The quantitative estimate of drug-likeness (QED) is 0.761. The number of aromatic nitrogens is 2. The molecule has 0 radical (unpaired) electrons. The zero-order valence-electron chi connectivity index (χ0n) is 9.56. The van der Waals surface area contributed by atoms with Crippen molar-refractivity contribution in [3.05, 3.63) is 38.2 Å². The number of hydrogen-bond acceptors (Lipinski definition) is 3. The molecule has 3 rings (SSSR count). The maximum absolute atomic E-state index is 11.1. The Labute approximate surface area is 127 Å². The molecule has 5 nitrogen and oxygen atoms in total. The highest BCUT2D eigenvalue weighted by atomic mass is 127. The van der Waals surface area contributed by atoms with Crippen molar-refractivity contribution in [3.63, 3.8) is 0 Å². The molecule has 1 N–H and O–H groups in total. The molecule has 0 fully saturated rings.